The van der Waals surface area contributed by atoms with E-state index in [0.717, 1.165) is 24.8 Å². The summed E-state index contributed by atoms with van der Waals surface area (Å²) in [5, 5.41) is 3.10. The molecule has 0 aromatic heterocycles. The van der Waals surface area contributed by atoms with Gasteiger partial charge in [-0.1, -0.05) is 138 Å². The maximum absolute atomic E-state index is 12.4. The number of unbranched alkanes of at least 4 members (excludes halogenated alkanes) is 15. The van der Waals surface area contributed by atoms with Gasteiger partial charge in [0, 0.05) is 0 Å². The van der Waals surface area contributed by atoms with Crippen LogP contribution in [0.4, 0.5) is 0 Å². The van der Waals surface area contributed by atoms with Gasteiger partial charge in [0.05, 0.1) is 19.0 Å². The Bertz CT molecular complexity index is 979. The van der Waals surface area contributed by atoms with Gasteiger partial charge in [0.25, 0.3) is 0 Å². The van der Waals surface area contributed by atoms with Crippen molar-refractivity contribution in [3.05, 3.63) is 29.8 Å². The standard InChI is InChI=1S/C31H51NO7S2/c1-4-6-7-8-9-10-11-12-13-14-15-16-17-18-19-20-25-38-29(33)26-40-30(31(34)37-5-2)32-39-41(35,36)28-23-21-27(3)22-24-28/h21-24H,4-20,25-26H2,1-3H3/b32-30-. The summed E-state index contributed by atoms with van der Waals surface area (Å²) in [6, 6.07) is 6.01. The molecule has 1 aromatic carbocycles. The van der Waals surface area contributed by atoms with E-state index < -0.39 is 22.1 Å². The summed E-state index contributed by atoms with van der Waals surface area (Å²) in [5.41, 5.74) is 0.883. The number of aryl methyl sites for hydroxylation is 1. The van der Waals surface area contributed by atoms with Crippen LogP contribution in [-0.4, -0.2) is 44.4 Å². The lowest BCUT2D eigenvalue weighted by Crippen LogP contribution is -2.19. The molecule has 0 spiro atoms. The zero-order valence-corrected chi connectivity index (χ0v) is 27.0. The van der Waals surface area contributed by atoms with E-state index in [9.17, 15) is 18.0 Å². The highest BCUT2D eigenvalue weighted by Gasteiger charge is 2.21. The molecule has 0 atom stereocenters. The molecule has 0 saturated heterocycles. The fourth-order valence-electron chi connectivity index (χ4n) is 4.15. The Morgan fingerprint density at radius 3 is 1.71 bits per heavy atom. The van der Waals surface area contributed by atoms with E-state index in [2.05, 4.69) is 12.1 Å². The van der Waals surface area contributed by atoms with E-state index in [1.54, 1.807) is 19.1 Å². The molecule has 0 N–H and O–H groups in total. The average Bonchev–Trinajstić information content (AvgIpc) is 2.95. The Hall–Kier alpha value is -2.07. The number of nitrogens with zero attached hydrogens (tertiary/aromatic N) is 1. The van der Waals surface area contributed by atoms with E-state index in [1.165, 1.54) is 95.6 Å². The van der Waals surface area contributed by atoms with Crippen LogP contribution in [-0.2, 0) is 33.5 Å². The van der Waals surface area contributed by atoms with Gasteiger partial charge in [-0.05, 0) is 32.4 Å². The minimum atomic E-state index is -4.22. The minimum absolute atomic E-state index is 0.0623. The lowest BCUT2D eigenvalue weighted by molar-refractivity contribution is -0.140. The van der Waals surface area contributed by atoms with E-state index in [4.69, 9.17) is 13.8 Å². The van der Waals surface area contributed by atoms with Gasteiger partial charge in [0.15, 0.2) is 0 Å². The second-order valence-electron chi connectivity index (χ2n) is 10.3. The molecule has 1 rings (SSSR count). The first-order chi connectivity index (χ1) is 19.8. The first-order valence-corrected chi connectivity index (χ1v) is 17.7. The predicted octanol–water partition coefficient (Wildman–Crippen LogP) is 8.11. The van der Waals surface area contributed by atoms with Gasteiger partial charge in [0.1, 0.15) is 4.90 Å². The van der Waals surface area contributed by atoms with Gasteiger partial charge in [-0.2, -0.15) is 8.42 Å². The number of hydrogen-bond acceptors (Lipinski definition) is 9. The quantitative estimate of drug-likeness (QED) is 0.0400. The average molecular weight is 614 g/mol. The van der Waals surface area contributed by atoms with Crippen molar-refractivity contribution in [1.82, 2.24) is 0 Å². The highest BCUT2D eigenvalue weighted by molar-refractivity contribution is 8.16. The van der Waals surface area contributed by atoms with Crippen molar-refractivity contribution in [2.45, 2.75) is 128 Å². The van der Waals surface area contributed by atoms with Gasteiger partial charge in [-0.3, -0.25) is 9.08 Å². The third-order valence-electron chi connectivity index (χ3n) is 6.57. The van der Waals surface area contributed by atoms with Gasteiger partial charge < -0.3 is 9.47 Å². The van der Waals surface area contributed by atoms with Crippen LogP contribution in [0.25, 0.3) is 0 Å². The lowest BCUT2D eigenvalue weighted by atomic mass is 10.0. The lowest BCUT2D eigenvalue weighted by Gasteiger charge is -2.07. The van der Waals surface area contributed by atoms with Crippen LogP contribution >= 0.6 is 11.8 Å². The summed E-state index contributed by atoms with van der Waals surface area (Å²) in [6.07, 6.45) is 20.3. The van der Waals surface area contributed by atoms with Gasteiger partial charge >= 0.3 is 22.1 Å². The van der Waals surface area contributed by atoms with Crippen LogP contribution in [0.1, 0.15) is 122 Å². The third kappa shape index (κ3) is 18.9. The summed E-state index contributed by atoms with van der Waals surface area (Å²) in [4.78, 5) is 24.2. The number of thioether (sulfide) groups is 1. The number of rotatable bonds is 23. The Morgan fingerprint density at radius 2 is 1.22 bits per heavy atom. The van der Waals surface area contributed by atoms with Crippen molar-refractivity contribution < 1.29 is 31.8 Å². The zero-order valence-electron chi connectivity index (χ0n) is 25.4. The number of ether oxygens (including phenoxy) is 2. The molecule has 0 amide bonds. The molecule has 0 aliphatic carbocycles. The normalized spacial score (nSPS) is 11.8. The number of benzene rings is 1. The Labute approximate surface area is 252 Å². The maximum Gasteiger partial charge on any atom is 0.367 e. The molecule has 0 saturated carbocycles. The molecular formula is C31H51NO7S2. The highest BCUT2D eigenvalue weighted by atomic mass is 32.2. The molecule has 1 aromatic rings. The Balaban J connectivity index is 2.17. The molecule has 0 bridgehead atoms. The van der Waals surface area contributed by atoms with Crippen molar-refractivity contribution >= 4 is 38.9 Å². The van der Waals surface area contributed by atoms with Crippen molar-refractivity contribution in [2.75, 3.05) is 19.0 Å². The molecule has 0 aliphatic rings. The summed E-state index contributed by atoms with van der Waals surface area (Å²) in [6.45, 7) is 6.06. The molecule has 8 nitrogen and oxygen atoms in total. The molecule has 0 heterocycles. The van der Waals surface area contributed by atoms with E-state index in [-0.39, 0.29) is 22.3 Å². The summed E-state index contributed by atoms with van der Waals surface area (Å²) < 4.78 is 39.6. The summed E-state index contributed by atoms with van der Waals surface area (Å²) in [7, 11) is -4.22. The summed E-state index contributed by atoms with van der Waals surface area (Å²) >= 11 is 0.717. The molecule has 10 heteroatoms. The molecule has 0 unspecified atom stereocenters. The second-order valence-corrected chi connectivity index (χ2v) is 12.8. The van der Waals surface area contributed by atoms with Crippen molar-refractivity contribution in [2.24, 2.45) is 5.16 Å². The first-order valence-electron chi connectivity index (χ1n) is 15.3. The summed E-state index contributed by atoms with van der Waals surface area (Å²) in [5.74, 6) is -1.61. The first kappa shape index (κ1) is 37.0. The molecule has 0 radical (unpaired) electrons. The van der Waals surface area contributed by atoms with E-state index in [1.807, 2.05) is 6.92 Å². The monoisotopic (exact) mass is 613 g/mol. The van der Waals surface area contributed by atoms with Crippen molar-refractivity contribution in [1.29, 1.82) is 0 Å². The topological polar surface area (TPSA) is 108 Å². The van der Waals surface area contributed by atoms with Crippen molar-refractivity contribution in [3.8, 4) is 0 Å². The SMILES string of the molecule is CCCCCCCCCCCCCCCCCCOC(=O)CS/C(=N\OS(=O)(=O)c1ccc(C)cc1)C(=O)OCC. The largest absolute Gasteiger partial charge is 0.465 e. The van der Waals surface area contributed by atoms with Crippen LogP contribution in [0.2, 0.25) is 0 Å². The van der Waals surface area contributed by atoms with Gasteiger partial charge in [-0.25, -0.2) is 4.79 Å². The minimum Gasteiger partial charge on any atom is -0.465 e. The second kappa shape index (κ2) is 23.5. The number of carbonyl (C=O) groups is 2. The fraction of sp³-hybridized carbons (Fsp3) is 0.710. The van der Waals surface area contributed by atoms with Crippen LogP contribution in [0, 0.1) is 6.92 Å². The predicted molar refractivity (Wildman–Crippen MR) is 166 cm³/mol. The maximum atomic E-state index is 12.4. The molecule has 41 heavy (non-hydrogen) atoms. The Morgan fingerprint density at radius 1 is 0.732 bits per heavy atom. The van der Waals surface area contributed by atoms with E-state index in [0.29, 0.717) is 18.4 Å². The van der Waals surface area contributed by atoms with Gasteiger partial charge in [0.2, 0.25) is 5.04 Å². The highest BCUT2D eigenvalue weighted by Crippen LogP contribution is 2.17. The van der Waals surface area contributed by atoms with Crippen LogP contribution in [0.15, 0.2) is 34.3 Å². The van der Waals surface area contributed by atoms with Crippen LogP contribution < -0.4 is 0 Å². The van der Waals surface area contributed by atoms with Crippen molar-refractivity contribution in [3.63, 3.8) is 0 Å². The molecule has 0 aliphatic heterocycles. The smallest absolute Gasteiger partial charge is 0.367 e. The Kier molecular flexibility index (Phi) is 21.2. The molecule has 234 valence electrons. The van der Waals surface area contributed by atoms with Gasteiger partial charge in [-0.15, -0.1) is 0 Å². The molecular weight excluding hydrogens is 562 g/mol. The number of hydrogen-bond donors (Lipinski definition) is 0. The zero-order chi connectivity index (χ0) is 30.2. The number of esters is 2. The number of oxime groups is 1. The van der Waals surface area contributed by atoms with Crippen LogP contribution in [0.3, 0.4) is 0 Å². The van der Waals surface area contributed by atoms with Crippen LogP contribution in [0.5, 0.6) is 0 Å². The third-order valence-corrected chi connectivity index (χ3v) is 8.58. The number of carbonyl (C=O) groups excluding carboxylic acids is 2. The fourth-order valence-corrected chi connectivity index (χ4v) is 5.53. The molecule has 0 fully saturated rings. The van der Waals surface area contributed by atoms with E-state index >= 15 is 0 Å².